The van der Waals surface area contributed by atoms with Crippen LogP contribution in [0.3, 0.4) is 0 Å². The Morgan fingerprint density at radius 3 is 2.55 bits per heavy atom. The van der Waals surface area contributed by atoms with Crippen molar-refractivity contribution < 1.29 is 12.8 Å². The average molecular weight is 299 g/mol. The van der Waals surface area contributed by atoms with Crippen LogP contribution in [0.1, 0.15) is 18.1 Å². The number of hydrogen-bond donors (Lipinski definition) is 1. The molecule has 5 nitrogen and oxygen atoms in total. The molecule has 0 saturated heterocycles. The number of anilines is 1. The van der Waals surface area contributed by atoms with Gasteiger partial charge in [0.05, 0.1) is 22.6 Å². The lowest BCUT2D eigenvalue weighted by Crippen LogP contribution is -2.32. The molecular weight excluding hydrogens is 281 g/mol. The first kappa shape index (κ1) is 16.4. The molecule has 1 unspecified atom stereocenters. The fourth-order valence-electron chi connectivity index (χ4n) is 2.01. The third kappa shape index (κ3) is 2.92. The van der Waals surface area contributed by atoms with Crippen LogP contribution in [0.25, 0.3) is 0 Å². The first-order chi connectivity index (χ1) is 9.12. The maximum atomic E-state index is 13.5. The van der Waals surface area contributed by atoms with E-state index in [1.807, 2.05) is 6.07 Å². The Morgan fingerprint density at radius 2 is 2.05 bits per heavy atom. The monoisotopic (exact) mass is 299 g/mol. The fraction of sp³-hybridized carbons (Fsp3) is 0.462. The molecule has 0 bridgehead atoms. The number of hydrogen-bond acceptors (Lipinski definition) is 4. The Hall–Kier alpha value is -1.65. The minimum atomic E-state index is -3.81. The molecule has 110 valence electrons. The molecule has 20 heavy (non-hydrogen) atoms. The van der Waals surface area contributed by atoms with E-state index in [9.17, 15) is 12.8 Å². The Bertz CT molecular complexity index is 665. The molecule has 7 heteroatoms. The van der Waals surface area contributed by atoms with E-state index >= 15 is 0 Å². The van der Waals surface area contributed by atoms with E-state index in [4.69, 9.17) is 11.0 Å². The molecule has 0 amide bonds. The molecule has 0 aliphatic rings. The molecule has 1 rings (SSSR count). The number of nitrogens with two attached hydrogens (primary N) is 1. The van der Waals surface area contributed by atoms with E-state index in [0.717, 1.165) is 10.4 Å². The van der Waals surface area contributed by atoms with Gasteiger partial charge in [-0.1, -0.05) is 0 Å². The van der Waals surface area contributed by atoms with Gasteiger partial charge in [-0.25, -0.2) is 12.8 Å². The second-order valence-corrected chi connectivity index (χ2v) is 6.84. The minimum absolute atomic E-state index is 0.00374. The summed E-state index contributed by atoms with van der Waals surface area (Å²) in [6.07, 6.45) is 0. The molecule has 1 atom stereocenters. The molecule has 0 aliphatic carbocycles. The third-order valence-corrected chi connectivity index (χ3v) is 5.24. The summed E-state index contributed by atoms with van der Waals surface area (Å²) in [5, 5.41) is 8.77. The highest BCUT2D eigenvalue weighted by molar-refractivity contribution is 7.89. The zero-order valence-corrected chi connectivity index (χ0v) is 12.8. The van der Waals surface area contributed by atoms with E-state index in [-0.39, 0.29) is 22.7 Å². The number of nitrogen functional groups attached to an aromatic ring is 1. The lowest BCUT2D eigenvalue weighted by molar-refractivity contribution is 0.438. The first-order valence-electron chi connectivity index (χ1n) is 6.04. The van der Waals surface area contributed by atoms with Gasteiger partial charge in [-0.2, -0.15) is 9.57 Å². The van der Waals surface area contributed by atoms with Crippen LogP contribution in [0.2, 0.25) is 0 Å². The second kappa shape index (κ2) is 5.77. The van der Waals surface area contributed by atoms with Crippen molar-refractivity contribution in [2.45, 2.75) is 25.7 Å². The maximum Gasteiger partial charge on any atom is 0.243 e. The summed E-state index contributed by atoms with van der Waals surface area (Å²) in [5.41, 5.74) is 5.89. The van der Waals surface area contributed by atoms with Crippen LogP contribution in [-0.2, 0) is 10.0 Å². The first-order valence-corrected chi connectivity index (χ1v) is 7.48. The Morgan fingerprint density at radius 1 is 1.50 bits per heavy atom. The fourth-order valence-corrected chi connectivity index (χ4v) is 3.70. The number of aryl methyl sites for hydroxylation is 1. The van der Waals surface area contributed by atoms with Gasteiger partial charge in [-0.3, -0.25) is 0 Å². The number of nitrogens with zero attached hydrogens (tertiary/aromatic N) is 2. The highest BCUT2D eigenvalue weighted by atomic mass is 32.2. The molecule has 0 fully saturated rings. The van der Waals surface area contributed by atoms with Crippen LogP contribution in [-0.4, -0.2) is 26.3 Å². The lowest BCUT2D eigenvalue weighted by atomic mass is 10.1. The molecule has 1 aromatic rings. The predicted molar refractivity (Wildman–Crippen MR) is 74.9 cm³/mol. The smallest absolute Gasteiger partial charge is 0.243 e. The van der Waals surface area contributed by atoms with Crippen LogP contribution < -0.4 is 5.73 Å². The van der Waals surface area contributed by atoms with Crippen molar-refractivity contribution >= 4 is 15.7 Å². The highest BCUT2D eigenvalue weighted by Crippen LogP contribution is 2.29. The van der Waals surface area contributed by atoms with Crippen molar-refractivity contribution in [2.75, 3.05) is 19.3 Å². The zero-order valence-electron chi connectivity index (χ0n) is 11.9. The summed E-state index contributed by atoms with van der Waals surface area (Å²) < 4.78 is 39.6. The van der Waals surface area contributed by atoms with Gasteiger partial charge in [0, 0.05) is 13.6 Å². The topological polar surface area (TPSA) is 87.2 Å². The number of sulfonamides is 1. The highest BCUT2D eigenvalue weighted by Gasteiger charge is 2.27. The van der Waals surface area contributed by atoms with Gasteiger partial charge in [0.15, 0.2) is 0 Å². The lowest BCUT2D eigenvalue weighted by Gasteiger charge is -2.21. The van der Waals surface area contributed by atoms with Gasteiger partial charge < -0.3 is 5.73 Å². The van der Waals surface area contributed by atoms with E-state index in [1.54, 1.807) is 6.92 Å². The molecule has 0 aromatic heterocycles. The SMILES string of the molecule is Cc1cc(F)c(N)c(C)c1S(=O)(=O)N(C)CC(C)C#N. The van der Waals surface area contributed by atoms with Crippen LogP contribution in [0.15, 0.2) is 11.0 Å². The van der Waals surface area contributed by atoms with Crippen LogP contribution in [0.4, 0.5) is 10.1 Å². The van der Waals surface area contributed by atoms with Gasteiger partial charge >= 0.3 is 0 Å². The molecule has 0 radical (unpaired) electrons. The van der Waals surface area contributed by atoms with Gasteiger partial charge in [0.1, 0.15) is 5.82 Å². The Kier molecular flexibility index (Phi) is 4.73. The maximum absolute atomic E-state index is 13.5. The minimum Gasteiger partial charge on any atom is -0.396 e. The number of nitriles is 1. The van der Waals surface area contributed by atoms with Crippen molar-refractivity contribution in [3.8, 4) is 6.07 Å². The largest absolute Gasteiger partial charge is 0.396 e. The summed E-state index contributed by atoms with van der Waals surface area (Å²) in [5.74, 6) is -1.07. The predicted octanol–water partition coefficient (Wildman–Crippen LogP) is 1.80. The van der Waals surface area contributed by atoms with Crippen molar-refractivity contribution in [2.24, 2.45) is 5.92 Å². The molecule has 0 heterocycles. The summed E-state index contributed by atoms with van der Waals surface area (Å²) in [6, 6.07) is 3.09. The summed E-state index contributed by atoms with van der Waals surface area (Å²) in [6.45, 7) is 4.68. The van der Waals surface area contributed by atoms with E-state index in [1.165, 1.54) is 20.9 Å². The molecule has 0 saturated carbocycles. The van der Waals surface area contributed by atoms with E-state index in [2.05, 4.69) is 0 Å². The Labute approximate surface area is 118 Å². The number of benzene rings is 1. The molecular formula is C13H18FN3O2S. The van der Waals surface area contributed by atoms with Gasteiger partial charge in [-0.15, -0.1) is 0 Å². The van der Waals surface area contributed by atoms with Crippen LogP contribution in [0.5, 0.6) is 0 Å². The quantitative estimate of drug-likeness (QED) is 0.859. The summed E-state index contributed by atoms with van der Waals surface area (Å²) in [4.78, 5) is 0.00374. The zero-order chi connectivity index (χ0) is 15.7. The van der Waals surface area contributed by atoms with Gasteiger partial charge in [0.25, 0.3) is 0 Å². The van der Waals surface area contributed by atoms with Crippen molar-refractivity contribution in [1.29, 1.82) is 5.26 Å². The average Bonchev–Trinajstić information content (AvgIpc) is 2.35. The second-order valence-electron chi connectivity index (χ2n) is 4.86. The standard InChI is InChI=1S/C13H18FN3O2S/c1-8(6-15)7-17(4)20(18,19)13-9(2)5-11(14)12(16)10(13)3/h5,8H,7,16H2,1-4H3. The molecule has 1 aromatic carbocycles. The summed E-state index contributed by atoms with van der Waals surface area (Å²) in [7, 11) is -2.42. The third-order valence-electron chi connectivity index (χ3n) is 3.12. The van der Waals surface area contributed by atoms with Crippen LogP contribution in [0, 0.1) is 36.9 Å². The van der Waals surface area contributed by atoms with E-state index in [0.29, 0.717) is 5.56 Å². The van der Waals surface area contributed by atoms with Gasteiger partial charge in [-0.05, 0) is 38.0 Å². The molecule has 0 aliphatic heterocycles. The van der Waals surface area contributed by atoms with Crippen molar-refractivity contribution in [3.05, 3.63) is 23.0 Å². The van der Waals surface area contributed by atoms with Crippen molar-refractivity contribution in [1.82, 2.24) is 4.31 Å². The normalized spacial score (nSPS) is 13.2. The number of rotatable bonds is 4. The van der Waals surface area contributed by atoms with Crippen LogP contribution >= 0.6 is 0 Å². The van der Waals surface area contributed by atoms with Gasteiger partial charge in [0.2, 0.25) is 10.0 Å². The van der Waals surface area contributed by atoms with Crippen molar-refractivity contribution in [3.63, 3.8) is 0 Å². The Balaban J connectivity index is 3.38. The molecule has 0 spiro atoms. The number of halogens is 1. The molecule has 2 N–H and O–H groups in total. The van der Waals surface area contributed by atoms with E-state index < -0.39 is 21.8 Å². The summed E-state index contributed by atoms with van der Waals surface area (Å²) >= 11 is 0.